The van der Waals surface area contributed by atoms with Gasteiger partial charge in [-0.3, -0.25) is 9.64 Å². The molecule has 1 fully saturated rings. The summed E-state index contributed by atoms with van der Waals surface area (Å²) < 4.78 is 0. The molecule has 1 aromatic rings. The average Bonchev–Trinajstić information content (AvgIpc) is 2.72. The van der Waals surface area contributed by atoms with Gasteiger partial charge in [0.2, 0.25) is 0 Å². The fourth-order valence-corrected chi connectivity index (χ4v) is 2.65. The Bertz CT molecular complexity index is 453. The van der Waals surface area contributed by atoms with Gasteiger partial charge < -0.3 is 5.32 Å². The molecule has 1 aromatic carbocycles. The van der Waals surface area contributed by atoms with E-state index in [0.717, 1.165) is 31.2 Å². The summed E-state index contributed by atoms with van der Waals surface area (Å²) in [6.07, 6.45) is 5.67. The summed E-state index contributed by atoms with van der Waals surface area (Å²) in [5, 5.41) is 2.94. The Hall–Kier alpha value is -1.82. The van der Waals surface area contributed by atoms with Crippen molar-refractivity contribution in [2.45, 2.75) is 50.6 Å². The van der Waals surface area contributed by atoms with Gasteiger partial charge in [0.1, 0.15) is 0 Å². The van der Waals surface area contributed by atoms with E-state index in [4.69, 9.17) is 6.57 Å². The Morgan fingerprint density at radius 3 is 2.37 bits per heavy atom. The third-order valence-corrected chi connectivity index (χ3v) is 3.86. The number of amides is 1. The van der Waals surface area contributed by atoms with Gasteiger partial charge in [-0.05, 0) is 18.4 Å². The summed E-state index contributed by atoms with van der Waals surface area (Å²) in [5.41, 5.74) is 0.260. The fourth-order valence-electron chi connectivity index (χ4n) is 2.65. The molecule has 1 aliphatic rings. The third-order valence-electron chi connectivity index (χ3n) is 3.86. The van der Waals surface area contributed by atoms with Crippen LogP contribution in [0.25, 0.3) is 4.85 Å². The molecule has 0 aliphatic heterocycles. The topological polar surface area (TPSA) is 33.5 Å². The second kappa shape index (κ2) is 6.38. The van der Waals surface area contributed by atoms with Gasteiger partial charge in [-0.2, -0.15) is 0 Å². The Balaban J connectivity index is 1.99. The molecular weight excluding hydrogens is 236 g/mol. The molecule has 3 nitrogen and oxygen atoms in total. The first-order valence-electron chi connectivity index (χ1n) is 6.98. The monoisotopic (exact) mass is 256 g/mol. The molecule has 0 bridgehead atoms. The van der Waals surface area contributed by atoms with E-state index in [1.54, 1.807) is 0 Å². The van der Waals surface area contributed by atoms with Crippen molar-refractivity contribution in [3.05, 3.63) is 47.3 Å². The third kappa shape index (κ3) is 3.35. The summed E-state index contributed by atoms with van der Waals surface area (Å²) in [5.74, 6) is -0.0896. The van der Waals surface area contributed by atoms with E-state index in [2.05, 4.69) is 10.2 Å². The minimum atomic E-state index is -0.814. The molecule has 0 spiro atoms. The molecule has 0 unspecified atom stereocenters. The maximum absolute atomic E-state index is 12.4. The smallest absolute Gasteiger partial charge is 0.308 e. The average molecular weight is 256 g/mol. The predicted molar refractivity (Wildman–Crippen MR) is 75.3 cm³/mol. The van der Waals surface area contributed by atoms with Crippen LogP contribution in [0.5, 0.6) is 0 Å². The molecular formula is C16H20N2O. The summed E-state index contributed by atoms with van der Waals surface area (Å²) in [7, 11) is 0. The fraction of sp³-hybridized carbons (Fsp3) is 0.500. The van der Waals surface area contributed by atoms with Crippen molar-refractivity contribution in [3.63, 3.8) is 0 Å². The van der Waals surface area contributed by atoms with Gasteiger partial charge in [0.15, 0.2) is 0 Å². The molecule has 0 saturated heterocycles. The van der Waals surface area contributed by atoms with Crippen molar-refractivity contribution < 1.29 is 4.79 Å². The number of carbonyl (C=O) groups is 1. The van der Waals surface area contributed by atoms with E-state index < -0.39 is 5.54 Å². The van der Waals surface area contributed by atoms with Gasteiger partial charge in [0.25, 0.3) is 0 Å². The number of carbonyl (C=O) groups excluding carboxylic acids is 1. The van der Waals surface area contributed by atoms with E-state index in [9.17, 15) is 4.79 Å². The van der Waals surface area contributed by atoms with Crippen LogP contribution in [-0.2, 0) is 11.3 Å². The quantitative estimate of drug-likeness (QED) is 0.653. The van der Waals surface area contributed by atoms with Gasteiger partial charge in [-0.15, -0.1) is 0 Å². The highest BCUT2D eigenvalue weighted by atomic mass is 16.2. The molecule has 3 heteroatoms. The number of nitrogens with one attached hydrogen (secondary N) is 1. The zero-order valence-electron chi connectivity index (χ0n) is 11.2. The molecule has 100 valence electrons. The highest BCUT2D eigenvalue weighted by molar-refractivity contribution is 5.88. The molecule has 0 atom stereocenters. The molecule has 0 aromatic heterocycles. The molecule has 1 N–H and O–H groups in total. The Morgan fingerprint density at radius 2 is 1.79 bits per heavy atom. The summed E-state index contributed by atoms with van der Waals surface area (Å²) in [6, 6.07) is 9.84. The molecule has 1 aliphatic carbocycles. The minimum absolute atomic E-state index is 0.0896. The highest BCUT2D eigenvalue weighted by Gasteiger charge is 2.44. The van der Waals surface area contributed by atoms with Gasteiger partial charge in [-0.1, -0.05) is 43.2 Å². The number of nitrogens with zero attached hydrogens (tertiary/aromatic N) is 1. The van der Waals surface area contributed by atoms with E-state index in [1.165, 1.54) is 0 Å². The lowest BCUT2D eigenvalue weighted by molar-refractivity contribution is -0.125. The second-order valence-electron chi connectivity index (χ2n) is 5.23. The summed E-state index contributed by atoms with van der Waals surface area (Å²) in [6.45, 7) is 7.93. The van der Waals surface area contributed by atoms with Crippen LogP contribution < -0.4 is 5.32 Å². The van der Waals surface area contributed by atoms with Crippen LogP contribution in [0.4, 0.5) is 0 Å². The Labute approximate surface area is 114 Å². The lowest BCUT2D eigenvalue weighted by atomic mass is 9.90. The number of hydrogen-bond acceptors (Lipinski definition) is 1. The molecule has 1 saturated carbocycles. The SMILES string of the molecule is [C-]#[N+]C1(C(=O)NCc2ccccc2)CCCCCC1. The minimum Gasteiger partial charge on any atom is -0.345 e. The zero-order chi connectivity index (χ0) is 13.6. The van der Waals surface area contributed by atoms with Crippen molar-refractivity contribution in [2.24, 2.45) is 0 Å². The van der Waals surface area contributed by atoms with E-state index in [-0.39, 0.29) is 5.91 Å². The van der Waals surface area contributed by atoms with Crippen LogP contribution in [0, 0.1) is 6.57 Å². The zero-order valence-corrected chi connectivity index (χ0v) is 11.2. The van der Waals surface area contributed by atoms with Crippen molar-refractivity contribution in [1.29, 1.82) is 0 Å². The maximum atomic E-state index is 12.4. The van der Waals surface area contributed by atoms with Crippen LogP contribution in [-0.4, -0.2) is 11.4 Å². The number of hydrogen-bond donors (Lipinski definition) is 1. The lowest BCUT2D eigenvalue weighted by Gasteiger charge is -2.19. The van der Waals surface area contributed by atoms with Crippen molar-refractivity contribution in [2.75, 3.05) is 0 Å². The molecule has 19 heavy (non-hydrogen) atoms. The molecule has 0 radical (unpaired) electrons. The largest absolute Gasteiger partial charge is 0.345 e. The van der Waals surface area contributed by atoms with Crippen molar-refractivity contribution in [3.8, 4) is 0 Å². The predicted octanol–water partition coefficient (Wildman–Crippen LogP) is 3.32. The summed E-state index contributed by atoms with van der Waals surface area (Å²) in [4.78, 5) is 16.0. The normalized spacial score (nSPS) is 18.1. The first kappa shape index (κ1) is 13.6. The van der Waals surface area contributed by atoms with Crippen LogP contribution in [0.15, 0.2) is 30.3 Å². The molecule has 0 heterocycles. The highest BCUT2D eigenvalue weighted by Crippen LogP contribution is 2.31. The van der Waals surface area contributed by atoms with Gasteiger partial charge in [0, 0.05) is 19.4 Å². The van der Waals surface area contributed by atoms with E-state index in [0.29, 0.717) is 19.4 Å². The number of rotatable bonds is 3. The van der Waals surface area contributed by atoms with Crippen LogP contribution in [0.1, 0.15) is 44.1 Å². The lowest BCUT2D eigenvalue weighted by Crippen LogP contribution is -2.43. The van der Waals surface area contributed by atoms with Crippen LogP contribution in [0.3, 0.4) is 0 Å². The van der Waals surface area contributed by atoms with Gasteiger partial charge in [0.05, 0.1) is 0 Å². The first-order valence-corrected chi connectivity index (χ1v) is 6.98. The van der Waals surface area contributed by atoms with Gasteiger partial charge >= 0.3 is 11.4 Å². The Morgan fingerprint density at radius 1 is 1.16 bits per heavy atom. The van der Waals surface area contributed by atoms with Crippen molar-refractivity contribution in [1.82, 2.24) is 5.32 Å². The van der Waals surface area contributed by atoms with Crippen LogP contribution >= 0.6 is 0 Å². The maximum Gasteiger partial charge on any atom is 0.308 e. The standard InChI is InChI=1S/C16H20N2O/c1-17-16(11-7-2-3-8-12-16)15(19)18-13-14-9-5-4-6-10-14/h4-6,9-10H,2-3,7-8,11-13H2,(H,18,19). The second-order valence-corrected chi connectivity index (χ2v) is 5.23. The molecule has 2 rings (SSSR count). The Kier molecular flexibility index (Phi) is 4.57. The molecule has 1 amide bonds. The first-order chi connectivity index (χ1) is 9.27. The number of benzene rings is 1. The van der Waals surface area contributed by atoms with Crippen molar-refractivity contribution >= 4 is 5.91 Å². The van der Waals surface area contributed by atoms with E-state index >= 15 is 0 Å². The van der Waals surface area contributed by atoms with Gasteiger partial charge in [-0.25, -0.2) is 6.57 Å². The van der Waals surface area contributed by atoms with E-state index in [1.807, 2.05) is 30.3 Å². The summed E-state index contributed by atoms with van der Waals surface area (Å²) >= 11 is 0. The van der Waals surface area contributed by atoms with Crippen LogP contribution in [0.2, 0.25) is 0 Å².